The number of sulfonamides is 1. The number of hydrogen-bond donors (Lipinski definition) is 3. The summed E-state index contributed by atoms with van der Waals surface area (Å²) in [4.78, 5) is 14.4. The maximum atomic E-state index is 12.2. The third kappa shape index (κ3) is 7.08. The van der Waals surface area contributed by atoms with Gasteiger partial charge in [-0.3, -0.25) is 9.69 Å². The molecule has 1 aromatic carbocycles. The number of carbonyl (C=O) groups is 1. The minimum atomic E-state index is -3.75. The lowest BCUT2D eigenvalue weighted by atomic mass is 10.3. The summed E-state index contributed by atoms with van der Waals surface area (Å²) in [7, 11) is -3.75. The number of hydrogen-bond acceptors (Lipinski definition) is 5. The van der Waals surface area contributed by atoms with Crippen LogP contribution in [0.15, 0.2) is 29.2 Å². The minimum absolute atomic E-state index is 0. The average Bonchev–Trinajstić information content (AvgIpc) is 2.55. The van der Waals surface area contributed by atoms with Gasteiger partial charge in [0.25, 0.3) is 0 Å². The molecule has 1 aliphatic rings. The molecule has 7 nitrogen and oxygen atoms in total. The molecule has 1 atom stereocenters. The van der Waals surface area contributed by atoms with Crippen LogP contribution >= 0.6 is 24.0 Å². The van der Waals surface area contributed by atoms with Gasteiger partial charge in [0.15, 0.2) is 0 Å². The summed E-state index contributed by atoms with van der Waals surface area (Å²) in [6, 6.07) is 4.94. The van der Waals surface area contributed by atoms with Gasteiger partial charge in [-0.15, -0.1) is 12.4 Å². The second kappa shape index (κ2) is 10.3. The van der Waals surface area contributed by atoms with Crippen LogP contribution in [0.3, 0.4) is 0 Å². The summed E-state index contributed by atoms with van der Waals surface area (Å²) in [6.07, 6.45) is 0. The van der Waals surface area contributed by atoms with Gasteiger partial charge in [-0.2, -0.15) is 4.72 Å². The highest BCUT2D eigenvalue weighted by molar-refractivity contribution is 7.89. The van der Waals surface area contributed by atoms with Crippen molar-refractivity contribution in [3.63, 3.8) is 0 Å². The number of nitrogens with one attached hydrogen (secondary N) is 3. The molecule has 0 saturated carbocycles. The third-order valence-electron chi connectivity index (χ3n) is 3.79. The maximum Gasteiger partial charge on any atom is 0.241 e. The fourth-order valence-corrected chi connectivity index (χ4v) is 3.72. The van der Waals surface area contributed by atoms with Crippen LogP contribution in [0.5, 0.6) is 0 Å². The predicted molar refractivity (Wildman–Crippen MR) is 101 cm³/mol. The van der Waals surface area contributed by atoms with Crippen molar-refractivity contribution < 1.29 is 13.2 Å². The van der Waals surface area contributed by atoms with E-state index in [1.807, 2.05) is 0 Å². The normalized spacial score (nSPS) is 16.7. The zero-order chi connectivity index (χ0) is 17.6. The first kappa shape index (κ1) is 22.1. The van der Waals surface area contributed by atoms with Gasteiger partial charge in [-0.05, 0) is 31.2 Å². The Morgan fingerprint density at radius 2 is 1.88 bits per heavy atom. The predicted octanol–water partition coefficient (Wildman–Crippen LogP) is 0.450. The Morgan fingerprint density at radius 1 is 1.28 bits per heavy atom. The number of piperazine rings is 1. The smallest absolute Gasteiger partial charge is 0.241 e. The van der Waals surface area contributed by atoms with Gasteiger partial charge >= 0.3 is 0 Å². The first-order valence-electron chi connectivity index (χ1n) is 7.87. The van der Waals surface area contributed by atoms with E-state index in [-0.39, 0.29) is 23.2 Å². The number of rotatable bonds is 7. The molecular formula is C15H24Cl2N4O3S. The molecule has 0 aliphatic carbocycles. The van der Waals surface area contributed by atoms with E-state index in [1.165, 1.54) is 31.2 Å². The van der Waals surface area contributed by atoms with Crippen LogP contribution < -0.4 is 15.4 Å². The van der Waals surface area contributed by atoms with Gasteiger partial charge in [0.1, 0.15) is 0 Å². The Kier molecular flexibility index (Phi) is 9.12. The summed E-state index contributed by atoms with van der Waals surface area (Å²) in [5.74, 6) is -0.345. The number of carbonyl (C=O) groups excluding carboxylic acids is 1. The van der Waals surface area contributed by atoms with Crippen LogP contribution in [0, 0.1) is 0 Å². The second-order valence-corrected chi connectivity index (χ2v) is 7.83. The standard InChI is InChI=1S/C15H23ClN4O3S.ClH/c1-12(15(21)18-8-11-20-9-6-17-7-10-20)19-24(22,23)14-4-2-13(16)3-5-14;/h2-5,12,17,19H,6-11H2,1H3,(H,18,21);1H. The van der Waals surface area contributed by atoms with E-state index in [9.17, 15) is 13.2 Å². The van der Waals surface area contributed by atoms with Crippen LogP contribution in [0.1, 0.15) is 6.92 Å². The van der Waals surface area contributed by atoms with Crippen molar-refractivity contribution >= 4 is 39.9 Å². The van der Waals surface area contributed by atoms with E-state index in [0.717, 1.165) is 32.7 Å². The van der Waals surface area contributed by atoms with Gasteiger partial charge in [-0.25, -0.2) is 8.42 Å². The fraction of sp³-hybridized carbons (Fsp3) is 0.533. The molecule has 25 heavy (non-hydrogen) atoms. The Labute approximate surface area is 159 Å². The van der Waals surface area contributed by atoms with Gasteiger partial charge in [-0.1, -0.05) is 11.6 Å². The van der Waals surface area contributed by atoms with Crippen LogP contribution in [-0.2, 0) is 14.8 Å². The van der Waals surface area contributed by atoms with E-state index < -0.39 is 16.1 Å². The molecule has 0 aromatic heterocycles. The molecule has 1 amide bonds. The van der Waals surface area contributed by atoms with Crippen molar-refractivity contribution in [3.05, 3.63) is 29.3 Å². The lowest BCUT2D eigenvalue weighted by molar-refractivity contribution is -0.122. The number of amides is 1. The molecule has 10 heteroatoms. The molecule has 1 unspecified atom stereocenters. The first-order chi connectivity index (χ1) is 11.4. The highest BCUT2D eigenvalue weighted by atomic mass is 35.5. The molecule has 0 spiro atoms. The third-order valence-corrected chi connectivity index (χ3v) is 5.59. The molecule has 3 N–H and O–H groups in total. The van der Waals surface area contributed by atoms with Crippen LogP contribution in [0.2, 0.25) is 5.02 Å². The van der Waals surface area contributed by atoms with Crippen LogP contribution in [0.25, 0.3) is 0 Å². The van der Waals surface area contributed by atoms with Gasteiger partial charge < -0.3 is 10.6 Å². The molecule has 2 rings (SSSR count). The molecular weight excluding hydrogens is 387 g/mol. The van der Waals surface area contributed by atoms with E-state index >= 15 is 0 Å². The molecule has 142 valence electrons. The molecule has 1 saturated heterocycles. The Bertz CT molecular complexity index is 649. The van der Waals surface area contributed by atoms with Crippen molar-refractivity contribution in [1.82, 2.24) is 20.3 Å². The van der Waals surface area contributed by atoms with Crippen LogP contribution in [0.4, 0.5) is 0 Å². The zero-order valence-corrected chi connectivity index (χ0v) is 16.4. The van der Waals surface area contributed by atoms with Gasteiger partial charge in [0, 0.05) is 44.3 Å². The number of benzene rings is 1. The summed E-state index contributed by atoms with van der Waals surface area (Å²) in [6.45, 7) is 6.57. The van der Waals surface area contributed by atoms with Gasteiger partial charge in [0.05, 0.1) is 10.9 Å². The van der Waals surface area contributed by atoms with E-state index in [4.69, 9.17) is 11.6 Å². The van der Waals surface area contributed by atoms with Crippen molar-refractivity contribution in [1.29, 1.82) is 0 Å². The zero-order valence-electron chi connectivity index (χ0n) is 14.0. The Morgan fingerprint density at radius 3 is 2.48 bits per heavy atom. The number of halogens is 2. The Hall–Kier alpha value is -0.900. The van der Waals surface area contributed by atoms with Crippen molar-refractivity contribution in [2.24, 2.45) is 0 Å². The topological polar surface area (TPSA) is 90.5 Å². The maximum absolute atomic E-state index is 12.2. The van der Waals surface area contributed by atoms with Crippen molar-refractivity contribution in [2.75, 3.05) is 39.3 Å². The monoisotopic (exact) mass is 410 g/mol. The summed E-state index contributed by atoms with van der Waals surface area (Å²) in [5.41, 5.74) is 0. The average molecular weight is 411 g/mol. The summed E-state index contributed by atoms with van der Waals surface area (Å²) in [5, 5.41) is 6.48. The van der Waals surface area contributed by atoms with Crippen molar-refractivity contribution in [2.45, 2.75) is 17.9 Å². The summed E-state index contributed by atoms with van der Waals surface area (Å²) < 4.78 is 26.8. The lowest BCUT2D eigenvalue weighted by Crippen LogP contribution is -2.49. The highest BCUT2D eigenvalue weighted by Gasteiger charge is 2.22. The quantitative estimate of drug-likeness (QED) is 0.606. The van der Waals surface area contributed by atoms with Crippen LogP contribution in [-0.4, -0.2) is 64.5 Å². The highest BCUT2D eigenvalue weighted by Crippen LogP contribution is 2.14. The van der Waals surface area contributed by atoms with E-state index in [0.29, 0.717) is 11.6 Å². The largest absolute Gasteiger partial charge is 0.353 e. The lowest BCUT2D eigenvalue weighted by Gasteiger charge is -2.27. The Balaban J connectivity index is 0.00000312. The van der Waals surface area contributed by atoms with Crippen molar-refractivity contribution in [3.8, 4) is 0 Å². The molecule has 1 aromatic rings. The molecule has 1 heterocycles. The minimum Gasteiger partial charge on any atom is -0.353 e. The first-order valence-corrected chi connectivity index (χ1v) is 9.73. The molecule has 0 radical (unpaired) electrons. The second-order valence-electron chi connectivity index (χ2n) is 5.68. The van der Waals surface area contributed by atoms with Gasteiger partial charge in [0.2, 0.25) is 15.9 Å². The molecule has 0 bridgehead atoms. The molecule has 1 aliphatic heterocycles. The fourth-order valence-electron chi connectivity index (χ4n) is 2.39. The molecule has 1 fully saturated rings. The van der Waals surface area contributed by atoms with E-state index in [2.05, 4.69) is 20.3 Å². The summed E-state index contributed by atoms with van der Waals surface area (Å²) >= 11 is 5.75. The van der Waals surface area contributed by atoms with E-state index in [1.54, 1.807) is 0 Å². The number of nitrogens with zero attached hydrogens (tertiary/aromatic N) is 1. The SMILES string of the molecule is CC(NS(=O)(=O)c1ccc(Cl)cc1)C(=O)NCCN1CCNCC1.Cl.